The van der Waals surface area contributed by atoms with Gasteiger partial charge in [-0.05, 0) is 49.4 Å². The summed E-state index contributed by atoms with van der Waals surface area (Å²) in [5.74, 6) is 0.679. The van der Waals surface area contributed by atoms with Crippen LogP contribution in [0.15, 0.2) is 64.5 Å². The molecule has 1 aromatic heterocycles. The molecule has 4 rings (SSSR count). The van der Waals surface area contributed by atoms with Crippen LogP contribution in [-0.2, 0) is 9.84 Å². The molecule has 4 nitrogen and oxygen atoms in total. The lowest BCUT2D eigenvalue weighted by Gasteiger charge is -2.33. The first-order valence-electron chi connectivity index (χ1n) is 9.47. The van der Waals surface area contributed by atoms with Gasteiger partial charge in [0.15, 0.2) is 11.1 Å². The molecule has 3 aromatic rings. The van der Waals surface area contributed by atoms with Crippen molar-refractivity contribution in [3.8, 4) is 0 Å². The molecule has 2 heterocycles. The fourth-order valence-electron chi connectivity index (χ4n) is 3.81. The maximum absolute atomic E-state index is 13.4. The van der Waals surface area contributed by atoms with Crippen LogP contribution in [0.4, 0.5) is 5.69 Å². The fraction of sp³-hybridized carbons (Fsp3) is 0.318. The number of nitrogens with zero attached hydrogens (tertiary/aromatic N) is 1. The zero-order chi connectivity index (χ0) is 19.0. The van der Waals surface area contributed by atoms with Crippen molar-refractivity contribution in [1.82, 2.24) is 0 Å². The Hall–Kier alpha value is -2.40. The number of aryl methyl sites for hydroxylation is 1. The van der Waals surface area contributed by atoms with Gasteiger partial charge in [-0.25, -0.2) is 13.4 Å². The second-order valence-corrected chi connectivity index (χ2v) is 9.45. The number of hydrogen-bond donors (Lipinski definition) is 0. The molecule has 0 amide bonds. The van der Waals surface area contributed by atoms with Gasteiger partial charge in [0.2, 0.25) is 15.4 Å². The summed E-state index contributed by atoms with van der Waals surface area (Å²) < 4.78 is 26.9. The van der Waals surface area contributed by atoms with E-state index in [1.165, 1.54) is 0 Å². The molecule has 2 aromatic carbocycles. The SMILES string of the molecule is Cc1ccc2[nH+]cc(S(=O)(=O)c3ccccc3)c(N3CCC(C)CC3)c2c1. The van der Waals surface area contributed by atoms with Gasteiger partial charge >= 0.3 is 0 Å². The van der Waals surface area contributed by atoms with Gasteiger partial charge in [0.05, 0.1) is 16.0 Å². The Morgan fingerprint density at radius 3 is 2.44 bits per heavy atom. The maximum Gasteiger partial charge on any atom is 0.214 e. The van der Waals surface area contributed by atoms with Crippen molar-refractivity contribution < 1.29 is 13.4 Å². The summed E-state index contributed by atoms with van der Waals surface area (Å²) in [6.45, 7) is 6.07. The molecule has 1 aliphatic rings. The largest absolute Gasteiger partial charge is 0.370 e. The zero-order valence-electron chi connectivity index (χ0n) is 15.8. The summed E-state index contributed by atoms with van der Waals surface area (Å²) in [6.07, 6.45) is 3.82. The Kier molecular flexibility index (Phi) is 4.64. The summed E-state index contributed by atoms with van der Waals surface area (Å²) >= 11 is 0. The Morgan fingerprint density at radius 1 is 1.04 bits per heavy atom. The molecule has 140 valence electrons. The normalized spacial score (nSPS) is 16.0. The third kappa shape index (κ3) is 3.32. The highest BCUT2D eigenvalue weighted by Crippen LogP contribution is 2.36. The van der Waals surface area contributed by atoms with Crippen LogP contribution in [0, 0.1) is 12.8 Å². The van der Waals surface area contributed by atoms with E-state index in [-0.39, 0.29) is 0 Å². The van der Waals surface area contributed by atoms with E-state index in [1.54, 1.807) is 30.5 Å². The highest BCUT2D eigenvalue weighted by atomic mass is 32.2. The molecular formula is C22H25N2O2S+. The van der Waals surface area contributed by atoms with Gasteiger partial charge in [-0.2, -0.15) is 0 Å². The van der Waals surface area contributed by atoms with Crippen LogP contribution in [0.3, 0.4) is 0 Å². The highest BCUT2D eigenvalue weighted by molar-refractivity contribution is 7.91. The number of aromatic amines is 1. The van der Waals surface area contributed by atoms with E-state index >= 15 is 0 Å². The molecule has 1 fully saturated rings. The second-order valence-electron chi connectivity index (χ2n) is 7.54. The van der Waals surface area contributed by atoms with E-state index in [1.807, 2.05) is 25.1 Å². The van der Waals surface area contributed by atoms with Gasteiger partial charge in [-0.3, -0.25) is 0 Å². The molecule has 0 unspecified atom stereocenters. The van der Waals surface area contributed by atoms with E-state index in [0.717, 1.165) is 48.1 Å². The summed E-state index contributed by atoms with van der Waals surface area (Å²) in [4.78, 5) is 6.15. The molecule has 0 atom stereocenters. The van der Waals surface area contributed by atoms with Crippen molar-refractivity contribution in [2.45, 2.75) is 36.5 Å². The molecule has 1 N–H and O–H groups in total. The minimum absolute atomic E-state index is 0.331. The summed E-state index contributed by atoms with van der Waals surface area (Å²) in [7, 11) is -3.61. The molecule has 1 aliphatic heterocycles. The minimum Gasteiger partial charge on any atom is -0.370 e. The maximum atomic E-state index is 13.4. The van der Waals surface area contributed by atoms with Crippen LogP contribution in [0.2, 0.25) is 0 Å². The Bertz CT molecular complexity index is 1070. The van der Waals surface area contributed by atoms with E-state index in [0.29, 0.717) is 15.7 Å². The quantitative estimate of drug-likeness (QED) is 0.688. The lowest BCUT2D eigenvalue weighted by Crippen LogP contribution is -2.34. The molecular weight excluding hydrogens is 356 g/mol. The second kappa shape index (κ2) is 6.97. The van der Waals surface area contributed by atoms with E-state index in [4.69, 9.17) is 0 Å². The fourth-order valence-corrected chi connectivity index (χ4v) is 5.29. The number of pyridine rings is 1. The van der Waals surface area contributed by atoms with Crippen LogP contribution < -0.4 is 9.88 Å². The van der Waals surface area contributed by atoms with Gasteiger partial charge in [0, 0.05) is 19.2 Å². The average Bonchev–Trinajstić information content (AvgIpc) is 2.68. The number of hydrogen-bond acceptors (Lipinski definition) is 3. The average molecular weight is 382 g/mol. The number of sulfone groups is 1. The molecule has 0 radical (unpaired) electrons. The predicted octanol–water partition coefficient (Wildman–Crippen LogP) is 4.03. The number of fused-ring (bicyclic) bond motifs is 1. The van der Waals surface area contributed by atoms with E-state index in [2.05, 4.69) is 22.9 Å². The van der Waals surface area contributed by atoms with E-state index in [9.17, 15) is 8.42 Å². The van der Waals surface area contributed by atoms with Crippen LogP contribution in [0.1, 0.15) is 25.3 Å². The van der Waals surface area contributed by atoms with Crippen molar-refractivity contribution >= 4 is 26.4 Å². The van der Waals surface area contributed by atoms with Gasteiger partial charge < -0.3 is 4.90 Å². The predicted molar refractivity (Wildman–Crippen MR) is 108 cm³/mol. The van der Waals surface area contributed by atoms with Crippen LogP contribution in [-0.4, -0.2) is 21.5 Å². The first kappa shape index (κ1) is 18.0. The van der Waals surface area contributed by atoms with Gasteiger partial charge in [0.1, 0.15) is 0 Å². The number of anilines is 1. The smallest absolute Gasteiger partial charge is 0.214 e. The summed E-state index contributed by atoms with van der Waals surface area (Å²) in [6, 6.07) is 14.9. The molecule has 0 aliphatic carbocycles. The van der Waals surface area contributed by atoms with Gasteiger partial charge in [-0.1, -0.05) is 31.2 Å². The zero-order valence-corrected chi connectivity index (χ0v) is 16.6. The number of aromatic nitrogens is 1. The number of rotatable bonds is 3. The molecule has 0 spiro atoms. The van der Waals surface area contributed by atoms with Crippen molar-refractivity contribution in [3.05, 3.63) is 60.3 Å². The topological polar surface area (TPSA) is 51.5 Å². The molecule has 1 saturated heterocycles. The van der Waals surface area contributed by atoms with Crippen molar-refractivity contribution in [3.63, 3.8) is 0 Å². The number of H-pyrrole nitrogens is 1. The van der Waals surface area contributed by atoms with Crippen LogP contribution >= 0.6 is 0 Å². The number of nitrogens with one attached hydrogen (secondary N) is 1. The number of piperidine rings is 1. The van der Waals surface area contributed by atoms with Crippen molar-refractivity contribution in [1.29, 1.82) is 0 Å². The van der Waals surface area contributed by atoms with Crippen LogP contribution in [0.25, 0.3) is 10.9 Å². The van der Waals surface area contributed by atoms with Crippen molar-refractivity contribution in [2.75, 3.05) is 18.0 Å². The molecule has 0 saturated carbocycles. The molecule has 27 heavy (non-hydrogen) atoms. The van der Waals surface area contributed by atoms with Gasteiger partial charge in [-0.15, -0.1) is 0 Å². The summed E-state index contributed by atoms with van der Waals surface area (Å²) in [5.41, 5.74) is 2.92. The summed E-state index contributed by atoms with van der Waals surface area (Å²) in [5, 5.41) is 0.974. The Balaban J connectivity index is 1.96. The monoisotopic (exact) mass is 381 g/mol. The highest BCUT2D eigenvalue weighted by Gasteiger charge is 2.30. The first-order chi connectivity index (χ1) is 13.0. The molecule has 5 heteroatoms. The van der Waals surface area contributed by atoms with Crippen LogP contribution in [0.5, 0.6) is 0 Å². The third-order valence-electron chi connectivity index (χ3n) is 5.47. The molecule has 0 bridgehead atoms. The lowest BCUT2D eigenvalue weighted by atomic mass is 9.98. The van der Waals surface area contributed by atoms with Crippen molar-refractivity contribution in [2.24, 2.45) is 5.92 Å². The minimum atomic E-state index is -3.61. The Morgan fingerprint density at radius 2 is 1.74 bits per heavy atom. The lowest BCUT2D eigenvalue weighted by molar-refractivity contribution is -0.347. The van der Waals surface area contributed by atoms with E-state index < -0.39 is 9.84 Å². The third-order valence-corrected chi connectivity index (χ3v) is 7.25. The first-order valence-corrected chi connectivity index (χ1v) is 11.0. The standard InChI is InChI=1S/C22H24N2O2S/c1-16-10-12-24(13-11-16)22-19-14-17(2)8-9-20(19)23-15-21(22)27(25,26)18-6-4-3-5-7-18/h3-9,14-16H,10-13H2,1-2H3/p+1. The van der Waals surface area contributed by atoms with Gasteiger partial charge in [0.25, 0.3) is 0 Å². The Labute approximate surface area is 160 Å². The number of benzene rings is 2.